The molecule has 2 heterocycles. The van der Waals surface area contributed by atoms with Gasteiger partial charge in [0.05, 0.1) is 5.56 Å². The van der Waals surface area contributed by atoms with Crippen LogP contribution in [0, 0.1) is 6.92 Å². The minimum Gasteiger partial charge on any atom is -0.461 e. The van der Waals surface area contributed by atoms with E-state index in [-0.39, 0.29) is 12.7 Å². The summed E-state index contributed by atoms with van der Waals surface area (Å²) in [7, 11) is 0. The van der Waals surface area contributed by atoms with Crippen LogP contribution in [0.2, 0.25) is 0 Å². The smallest absolute Gasteiger partial charge is 0.255 e. The molecule has 1 amide bonds. The van der Waals surface area contributed by atoms with E-state index in [4.69, 9.17) is 13.9 Å². The van der Waals surface area contributed by atoms with Crippen LogP contribution in [-0.2, 0) is 6.54 Å². The Balaban J connectivity index is 1.54. The van der Waals surface area contributed by atoms with Crippen molar-refractivity contribution in [2.24, 2.45) is 0 Å². The van der Waals surface area contributed by atoms with Crippen molar-refractivity contribution in [2.45, 2.75) is 13.5 Å². The molecule has 0 atom stereocenters. The van der Waals surface area contributed by atoms with E-state index in [0.29, 0.717) is 23.6 Å². The fourth-order valence-electron chi connectivity index (χ4n) is 2.77. The Kier molecular flexibility index (Phi) is 3.19. The molecule has 1 N–H and O–H groups in total. The number of hydrogen-bond acceptors (Lipinski definition) is 4. The summed E-state index contributed by atoms with van der Waals surface area (Å²) in [4.78, 5) is 12.5. The topological polar surface area (TPSA) is 60.7 Å². The second-order valence-electron chi connectivity index (χ2n) is 5.40. The first-order valence-electron chi connectivity index (χ1n) is 7.37. The quantitative estimate of drug-likeness (QED) is 0.805. The van der Waals surface area contributed by atoms with Gasteiger partial charge in [-0.05, 0) is 30.7 Å². The number of carbonyl (C=O) groups excluding carboxylic acids is 1. The van der Waals surface area contributed by atoms with Crippen LogP contribution in [0.5, 0.6) is 11.5 Å². The molecule has 1 aliphatic heterocycles. The fourth-order valence-corrected chi connectivity index (χ4v) is 2.77. The highest BCUT2D eigenvalue weighted by atomic mass is 16.7. The van der Waals surface area contributed by atoms with Gasteiger partial charge >= 0.3 is 0 Å². The molecule has 116 valence electrons. The van der Waals surface area contributed by atoms with Gasteiger partial charge in [-0.15, -0.1) is 0 Å². The summed E-state index contributed by atoms with van der Waals surface area (Å²) in [6.07, 6.45) is 0. The summed E-state index contributed by atoms with van der Waals surface area (Å²) in [5.41, 5.74) is 2.26. The lowest BCUT2D eigenvalue weighted by atomic mass is 10.1. The van der Waals surface area contributed by atoms with Gasteiger partial charge in [0.2, 0.25) is 6.79 Å². The molecule has 0 bridgehead atoms. The Morgan fingerprint density at radius 3 is 2.87 bits per heavy atom. The van der Waals surface area contributed by atoms with Gasteiger partial charge in [-0.2, -0.15) is 0 Å². The van der Waals surface area contributed by atoms with Gasteiger partial charge in [0, 0.05) is 11.9 Å². The summed E-state index contributed by atoms with van der Waals surface area (Å²) in [5, 5.41) is 3.76. The minimum absolute atomic E-state index is 0.148. The number of benzene rings is 2. The van der Waals surface area contributed by atoms with E-state index in [0.717, 1.165) is 22.3 Å². The standard InChI is InChI=1S/C18H15NO4/c1-11-17(13-4-2-3-5-14(13)23-11)18(20)19-9-12-6-7-15-16(8-12)22-10-21-15/h2-8H,9-10H2,1H3,(H,19,20). The molecule has 0 saturated heterocycles. The molecular weight excluding hydrogens is 294 g/mol. The normalized spacial score (nSPS) is 12.6. The molecule has 0 radical (unpaired) electrons. The molecule has 0 spiro atoms. The first kappa shape index (κ1) is 13.7. The van der Waals surface area contributed by atoms with E-state index in [1.54, 1.807) is 6.92 Å². The van der Waals surface area contributed by atoms with Gasteiger partial charge in [-0.25, -0.2) is 0 Å². The number of fused-ring (bicyclic) bond motifs is 2. The summed E-state index contributed by atoms with van der Waals surface area (Å²) >= 11 is 0. The highest BCUT2D eigenvalue weighted by Gasteiger charge is 2.18. The van der Waals surface area contributed by atoms with Crippen molar-refractivity contribution < 1.29 is 18.7 Å². The number of rotatable bonds is 3. The number of para-hydroxylation sites is 1. The summed E-state index contributed by atoms with van der Waals surface area (Å²) in [5.74, 6) is 1.91. The Bertz CT molecular complexity index is 897. The van der Waals surface area contributed by atoms with Crippen molar-refractivity contribution in [2.75, 3.05) is 6.79 Å². The number of nitrogens with one attached hydrogen (secondary N) is 1. The fraction of sp³-hybridized carbons (Fsp3) is 0.167. The SMILES string of the molecule is Cc1oc2ccccc2c1C(=O)NCc1ccc2c(c1)OCO2. The summed E-state index contributed by atoms with van der Waals surface area (Å²) in [6.45, 7) is 2.45. The molecule has 0 fully saturated rings. The van der Waals surface area contributed by atoms with Gasteiger partial charge in [-0.1, -0.05) is 24.3 Å². The monoisotopic (exact) mass is 309 g/mol. The molecule has 5 heteroatoms. The van der Waals surface area contributed by atoms with Crippen LogP contribution in [0.1, 0.15) is 21.7 Å². The third-order valence-corrected chi connectivity index (χ3v) is 3.89. The zero-order valence-corrected chi connectivity index (χ0v) is 12.6. The van der Waals surface area contributed by atoms with Crippen molar-refractivity contribution in [3.05, 3.63) is 59.4 Å². The van der Waals surface area contributed by atoms with Crippen LogP contribution in [-0.4, -0.2) is 12.7 Å². The van der Waals surface area contributed by atoms with E-state index < -0.39 is 0 Å². The maximum Gasteiger partial charge on any atom is 0.255 e. The zero-order valence-electron chi connectivity index (χ0n) is 12.6. The molecule has 5 nitrogen and oxygen atoms in total. The van der Waals surface area contributed by atoms with E-state index in [1.165, 1.54) is 0 Å². The predicted octanol–water partition coefficient (Wildman–Crippen LogP) is 3.40. The zero-order chi connectivity index (χ0) is 15.8. The number of furan rings is 1. The maximum atomic E-state index is 12.5. The van der Waals surface area contributed by atoms with Crippen LogP contribution in [0.4, 0.5) is 0 Å². The van der Waals surface area contributed by atoms with Crippen LogP contribution < -0.4 is 14.8 Å². The average molecular weight is 309 g/mol. The second kappa shape index (κ2) is 5.35. The van der Waals surface area contributed by atoms with Crippen molar-refractivity contribution in [1.29, 1.82) is 0 Å². The highest BCUT2D eigenvalue weighted by molar-refractivity contribution is 6.07. The third-order valence-electron chi connectivity index (χ3n) is 3.89. The third kappa shape index (κ3) is 2.40. The number of aryl methyl sites for hydroxylation is 1. The van der Waals surface area contributed by atoms with Gasteiger partial charge in [0.1, 0.15) is 11.3 Å². The van der Waals surface area contributed by atoms with E-state index >= 15 is 0 Å². The lowest BCUT2D eigenvalue weighted by Gasteiger charge is -2.06. The number of ether oxygens (including phenoxy) is 2. The molecule has 0 aliphatic carbocycles. The van der Waals surface area contributed by atoms with Crippen LogP contribution in [0.25, 0.3) is 11.0 Å². The summed E-state index contributed by atoms with van der Waals surface area (Å²) in [6, 6.07) is 13.2. The number of carbonyl (C=O) groups is 1. The molecular formula is C18H15NO4. The van der Waals surface area contributed by atoms with Crippen LogP contribution in [0.3, 0.4) is 0 Å². The lowest BCUT2D eigenvalue weighted by Crippen LogP contribution is -2.23. The van der Waals surface area contributed by atoms with Crippen LogP contribution in [0.15, 0.2) is 46.9 Å². The molecule has 23 heavy (non-hydrogen) atoms. The second-order valence-corrected chi connectivity index (χ2v) is 5.40. The molecule has 1 aliphatic rings. The van der Waals surface area contributed by atoms with Crippen molar-refractivity contribution in [3.8, 4) is 11.5 Å². The predicted molar refractivity (Wildman–Crippen MR) is 84.7 cm³/mol. The first-order valence-corrected chi connectivity index (χ1v) is 7.37. The van der Waals surface area contributed by atoms with Gasteiger partial charge in [-0.3, -0.25) is 4.79 Å². The largest absolute Gasteiger partial charge is 0.461 e. The van der Waals surface area contributed by atoms with Crippen molar-refractivity contribution >= 4 is 16.9 Å². The Morgan fingerprint density at radius 2 is 1.96 bits per heavy atom. The van der Waals surface area contributed by atoms with E-state index in [9.17, 15) is 4.79 Å². The Hall–Kier alpha value is -2.95. The molecule has 2 aromatic carbocycles. The van der Waals surface area contributed by atoms with E-state index in [1.807, 2.05) is 42.5 Å². The average Bonchev–Trinajstić information content (AvgIpc) is 3.15. The van der Waals surface area contributed by atoms with Crippen molar-refractivity contribution in [1.82, 2.24) is 5.32 Å². The van der Waals surface area contributed by atoms with E-state index in [2.05, 4.69) is 5.32 Å². The molecule has 0 unspecified atom stereocenters. The number of hydrogen-bond donors (Lipinski definition) is 1. The molecule has 0 saturated carbocycles. The van der Waals surface area contributed by atoms with Gasteiger partial charge in [0.25, 0.3) is 5.91 Å². The van der Waals surface area contributed by atoms with Gasteiger partial charge in [0.15, 0.2) is 11.5 Å². The maximum absolute atomic E-state index is 12.5. The first-order chi connectivity index (χ1) is 11.2. The highest BCUT2D eigenvalue weighted by Crippen LogP contribution is 2.32. The van der Waals surface area contributed by atoms with Crippen LogP contribution >= 0.6 is 0 Å². The molecule has 3 aromatic rings. The number of amides is 1. The Morgan fingerprint density at radius 1 is 1.13 bits per heavy atom. The minimum atomic E-state index is -0.148. The summed E-state index contributed by atoms with van der Waals surface area (Å²) < 4.78 is 16.3. The molecule has 1 aromatic heterocycles. The lowest BCUT2D eigenvalue weighted by molar-refractivity contribution is 0.0950. The molecule has 4 rings (SSSR count). The van der Waals surface area contributed by atoms with Gasteiger partial charge < -0.3 is 19.2 Å². The van der Waals surface area contributed by atoms with Crippen molar-refractivity contribution in [3.63, 3.8) is 0 Å². The Labute approximate surface area is 132 Å².